The summed E-state index contributed by atoms with van der Waals surface area (Å²) in [6.07, 6.45) is 1.36. The van der Waals surface area contributed by atoms with Crippen molar-refractivity contribution in [2.45, 2.75) is 0 Å². The maximum absolute atomic E-state index is 12.3. The van der Waals surface area contributed by atoms with E-state index in [1.807, 2.05) is 0 Å². The summed E-state index contributed by atoms with van der Waals surface area (Å²) in [5.74, 6) is 0.134. The predicted molar refractivity (Wildman–Crippen MR) is 92.4 cm³/mol. The van der Waals surface area contributed by atoms with E-state index in [2.05, 4.69) is 0 Å². The molecule has 0 heterocycles. The first-order valence-corrected chi connectivity index (χ1v) is 7.40. The van der Waals surface area contributed by atoms with Crippen LogP contribution in [0.4, 0.5) is 0 Å². The number of hydrogen-bond donors (Lipinski definition) is 1. The van der Waals surface area contributed by atoms with Crippen LogP contribution in [0.3, 0.4) is 0 Å². The highest BCUT2D eigenvalue weighted by Crippen LogP contribution is 2.46. The number of ketones is 1. The fraction of sp³-hybridized carbons (Fsp3) is 0.167. The number of hydrogen-bond acceptors (Lipinski definition) is 5. The molecule has 0 aliphatic heterocycles. The molecule has 2 rings (SSSR count). The lowest BCUT2D eigenvalue weighted by Gasteiger charge is -2.15. The molecule has 126 valence electrons. The monoisotopic (exact) mass is 348 g/mol. The summed E-state index contributed by atoms with van der Waals surface area (Å²) >= 11 is 6.12. The second-order valence-electron chi connectivity index (χ2n) is 4.77. The van der Waals surface area contributed by atoms with Crippen molar-refractivity contribution in [2.24, 2.45) is 0 Å². The Morgan fingerprint density at radius 2 is 1.67 bits per heavy atom. The summed E-state index contributed by atoms with van der Waals surface area (Å²) in [7, 11) is 4.28. The highest BCUT2D eigenvalue weighted by molar-refractivity contribution is 6.47. The summed E-state index contributed by atoms with van der Waals surface area (Å²) in [5.41, 5.74) is 0.726. The van der Waals surface area contributed by atoms with Crippen LogP contribution in [0.1, 0.15) is 15.9 Å². The second-order valence-corrected chi connectivity index (χ2v) is 5.18. The summed E-state index contributed by atoms with van der Waals surface area (Å²) in [4.78, 5) is 12.3. The highest BCUT2D eigenvalue weighted by Gasteiger charge is 2.20. The maximum atomic E-state index is 12.3. The minimum absolute atomic E-state index is 0.0502. The average molecular weight is 349 g/mol. The molecule has 1 N–H and O–H groups in total. The molecular weight excluding hydrogens is 332 g/mol. The van der Waals surface area contributed by atoms with Gasteiger partial charge in [-0.2, -0.15) is 0 Å². The molecule has 0 aliphatic rings. The van der Waals surface area contributed by atoms with E-state index in [-0.39, 0.29) is 33.6 Å². The minimum Gasteiger partial charge on any atom is -0.504 e. The number of allylic oxidation sites excluding steroid dienone is 1. The Morgan fingerprint density at radius 3 is 2.21 bits per heavy atom. The molecule has 2 aromatic rings. The van der Waals surface area contributed by atoms with Gasteiger partial charge in [0.25, 0.3) is 0 Å². The SMILES string of the molecule is COc1cc(C=C(Cl)C(=O)c2ccccc2)c(O)c(OC)c1OC. The fourth-order valence-corrected chi connectivity index (χ4v) is 2.43. The van der Waals surface area contributed by atoms with Crippen LogP contribution < -0.4 is 14.2 Å². The number of carbonyl (C=O) groups excluding carboxylic acids is 1. The Kier molecular flexibility index (Phi) is 5.71. The van der Waals surface area contributed by atoms with E-state index in [1.165, 1.54) is 33.5 Å². The lowest BCUT2D eigenvalue weighted by molar-refractivity contribution is 0.104. The van der Waals surface area contributed by atoms with E-state index < -0.39 is 0 Å². The molecule has 0 spiro atoms. The summed E-state index contributed by atoms with van der Waals surface area (Å²) in [6.45, 7) is 0. The summed E-state index contributed by atoms with van der Waals surface area (Å²) in [6, 6.07) is 10.1. The first-order chi connectivity index (χ1) is 11.5. The van der Waals surface area contributed by atoms with Gasteiger partial charge in [0.15, 0.2) is 11.5 Å². The number of rotatable bonds is 6. The number of aromatic hydroxyl groups is 1. The summed E-state index contributed by atoms with van der Waals surface area (Å²) in [5, 5.41) is 10.3. The normalized spacial score (nSPS) is 11.1. The minimum atomic E-state index is -0.356. The van der Waals surface area contributed by atoms with E-state index in [4.69, 9.17) is 25.8 Å². The van der Waals surface area contributed by atoms with Crippen molar-refractivity contribution < 1.29 is 24.1 Å². The molecule has 24 heavy (non-hydrogen) atoms. The van der Waals surface area contributed by atoms with Gasteiger partial charge >= 0.3 is 0 Å². The number of phenolic OH excluding ortho intramolecular Hbond substituents is 1. The number of Topliss-reactive ketones (excluding diaryl/α,β-unsaturated/α-hetero) is 1. The van der Waals surface area contributed by atoms with Gasteiger partial charge in [0.1, 0.15) is 0 Å². The third kappa shape index (κ3) is 3.46. The van der Waals surface area contributed by atoms with Crippen molar-refractivity contribution in [3.8, 4) is 23.0 Å². The number of carbonyl (C=O) groups is 1. The van der Waals surface area contributed by atoms with Crippen molar-refractivity contribution in [3.63, 3.8) is 0 Å². The van der Waals surface area contributed by atoms with Gasteiger partial charge in [-0.3, -0.25) is 4.79 Å². The van der Waals surface area contributed by atoms with Gasteiger partial charge in [0, 0.05) is 11.1 Å². The summed E-state index contributed by atoms with van der Waals surface area (Å²) < 4.78 is 15.6. The van der Waals surface area contributed by atoms with Crippen LogP contribution in [-0.4, -0.2) is 32.2 Å². The van der Waals surface area contributed by atoms with Gasteiger partial charge in [-0.1, -0.05) is 41.9 Å². The average Bonchev–Trinajstić information content (AvgIpc) is 2.62. The first kappa shape index (κ1) is 17.7. The van der Waals surface area contributed by atoms with Crippen LogP contribution >= 0.6 is 11.6 Å². The molecule has 0 unspecified atom stereocenters. The number of ether oxygens (including phenoxy) is 3. The highest BCUT2D eigenvalue weighted by atomic mass is 35.5. The molecule has 2 aromatic carbocycles. The van der Waals surface area contributed by atoms with Crippen molar-refractivity contribution >= 4 is 23.5 Å². The first-order valence-electron chi connectivity index (χ1n) is 7.02. The van der Waals surface area contributed by atoms with Crippen LogP contribution in [0.25, 0.3) is 6.08 Å². The molecule has 5 nitrogen and oxygen atoms in total. The van der Waals surface area contributed by atoms with E-state index >= 15 is 0 Å². The zero-order valence-corrected chi connectivity index (χ0v) is 14.3. The number of phenols is 1. The molecule has 0 saturated carbocycles. The zero-order chi connectivity index (χ0) is 17.7. The third-order valence-electron chi connectivity index (χ3n) is 3.37. The molecule has 0 fully saturated rings. The zero-order valence-electron chi connectivity index (χ0n) is 13.5. The van der Waals surface area contributed by atoms with E-state index in [0.29, 0.717) is 11.3 Å². The van der Waals surface area contributed by atoms with Gasteiger partial charge < -0.3 is 19.3 Å². The van der Waals surface area contributed by atoms with Crippen LogP contribution in [0.2, 0.25) is 0 Å². The molecule has 0 saturated heterocycles. The Bertz CT molecular complexity index is 769. The molecule has 6 heteroatoms. The van der Waals surface area contributed by atoms with Gasteiger partial charge in [-0.25, -0.2) is 0 Å². The van der Waals surface area contributed by atoms with Crippen molar-refractivity contribution in [3.05, 3.63) is 52.6 Å². The van der Waals surface area contributed by atoms with Crippen LogP contribution in [0.5, 0.6) is 23.0 Å². The van der Waals surface area contributed by atoms with E-state index in [1.54, 1.807) is 30.3 Å². The molecule has 0 radical (unpaired) electrons. The smallest absolute Gasteiger partial charge is 0.207 e. The topological polar surface area (TPSA) is 65.0 Å². The lowest BCUT2D eigenvalue weighted by atomic mass is 10.1. The number of halogens is 1. The molecule has 0 aromatic heterocycles. The van der Waals surface area contributed by atoms with E-state index in [0.717, 1.165) is 0 Å². The Labute approximate surface area is 145 Å². The van der Waals surface area contributed by atoms with Gasteiger partial charge in [0.2, 0.25) is 17.3 Å². The second kappa shape index (κ2) is 7.75. The Hall–Kier alpha value is -2.66. The van der Waals surface area contributed by atoms with Crippen molar-refractivity contribution in [1.82, 2.24) is 0 Å². The molecule has 0 atom stereocenters. The fourth-order valence-electron chi connectivity index (χ4n) is 2.20. The van der Waals surface area contributed by atoms with E-state index in [9.17, 15) is 9.90 Å². The predicted octanol–water partition coefficient (Wildman–Crippen LogP) is 3.88. The number of methoxy groups -OCH3 is 3. The van der Waals surface area contributed by atoms with Gasteiger partial charge in [0.05, 0.1) is 26.4 Å². The largest absolute Gasteiger partial charge is 0.504 e. The van der Waals surface area contributed by atoms with Crippen LogP contribution in [0, 0.1) is 0 Å². The van der Waals surface area contributed by atoms with Gasteiger partial charge in [-0.05, 0) is 12.1 Å². The molecule has 0 bridgehead atoms. The quantitative estimate of drug-likeness (QED) is 0.634. The molecule has 0 aliphatic carbocycles. The van der Waals surface area contributed by atoms with Gasteiger partial charge in [-0.15, -0.1) is 0 Å². The van der Waals surface area contributed by atoms with Crippen LogP contribution in [0.15, 0.2) is 41.4 Å². The molecular formula is C18H17ClO5. The third-order valence-corrected chi connectivity index (χ3v) is 3.65. The maximum Gasteiger partial charge on any atom is 0.207 e. The molecule has 0 amide bonds. The lowest BCUT2D eigenvalue weighted by Crippen LogP contribution is -1.99. The van der Waals surface area contributed by atoms with Crippen molar-refractivity contribution in [2.75, 3.05) is 21.3 Å². The van der Waals surface area contributed by atoms with Crippen molar-refractivity contribution in [1.29, 1.82) is 0 Å². The van der Waals surface area contributed by atoms with Crippen LogP contribution in [-0.2, 0) is 0 Å². The Morgan fingerprint density at radius 1 is 1.04 bits per heavy atom. The number of benzene rings is 2. The standard InChI is InChI=1S/C18H17ClO5/c1-22-14-10-12(16(21)18(24-3)17(14)23-2)9-13(19)15(20)11-7-5-4-6-8-11/h4-10,21H,1-3H3. The Balaban J connectivity index is 2.50.